The monoisotopic (exact) mass is 367 g/mol. The average molecular weight is 367 g/mol. The van der Waals surface area contributed by atoms with Crippen LogP contribution in [0.2, 0.25) is 0 Å². The van der Waals surface area contributed by atoms with Crippen LogP contribution in [0.4, 0.5) is 5.69 Å². The molecule has 3 rings (SSSR count). The number of allylic oxidation sites excluding steroid dienone is 2. The Labute approximate surface area is 159 Å². The summed E-state index contributed by atoms with van der Waals surface area (Å²) >= 11 is 0. The van der Waals surface area contributed by atoms with Crippen LogP contribution >= 0.6 is 0 Å². The number of likely N-dealkylation sites (N-methyl/N-ethyl adjacent to an activating group) is 1. The van der Waals surface area contributed by atoms with Crippen LogP contribution in [0.15, 0.2) is 48.6 Å². The van der Waals surface area contributed by atoms with E-state index in [1.54, 1.807) is 29.2 Å². The molecule has 1 aromatic rings. The fraction of sp³-hybridized carbons (Fsp3) is 0.381. The average Bonchev–Trinajstić information content (AvgIpc) is 2.68. The van der Waals surface area contributed by atoms with Crippen LogP contribution in [0, 0.1) is 11.8 Å². The molecule has 1 saturated heterocycles. The van der Waals surface area contributed by atoms with E-state index in [2.05, 4.69) is 12.0 Å². The molecule has 2 aliphatic rings. The molecular weight excluding hydrogens is 342 g/mol. The lowest BCUT2D eigenvalue weighted by Crippen LogP contribution is -2.59. The summed E-state index contributed by atoms with van der Waals surface area (Å²) in [5, 5.41) is 1.29. The van der Waals surface area contributed by atoms with E-state index < -0.39 is 0 Å². The molecule has 142 valence electrons. The molecule has 1 aliphatic heterocycles. The number of nitrogens with zero attached hydrogens (tertiary/aromatic N) is 2. The Hall–Kier alpha value is -2.89. The maximum Gasteiger partial charge on any atom is 0.254 e. The second-order valence-corrected chi connectivity index (χ2v) is 7.13. The molecule has 6 nitrogen and oxygen atoms in total. The van der Waals surface area contributed by atoms with E-state index in [0.29, 0.717) is 37.2 Å². The fourth-order valence-electron chi connectivity index (χ4n) is 3.60. The number of fused-ring (bicyclic) bond motifs is 1. The molecule has 3 amide bonds. The summed E-state index contributed by atoms with van der Waals surface area (Å²) in [5.74, 6) is -1.08. The summed E-state index contributed by atoms with van der Waals surface area (Å²) in [6.07, 6.45) is 5.05. The topological polar surface area (TPSA) is 69.7 Å². The minimum absolute atomic E-state index is 0.128. The third-order valence-corrected chi connectivity index (χ3v) is 5.01. The van der Waals surface area contributed by atoms with E-state index in [-0.39, 0.29) is 29.6 Å². The SMILES string of the molecule is C=C(C)CN(CC)C(=O)c1cccc(N2NC(=O)C3CC=CCC3C2=O)c1. The Bertz CT molecular complexity index is 815. The van der Waals surface area contributed by atoms with Crippen molar-refractivity contribution >= 4 is 23.4 Å². The number of carbonyl (C=O) groups is 3. The van der Waals surface area contributed by atoms with Gasteiger partial charge >= 0.3 is 0 Å². The standard InChI is InChI=1S/C21H25N3O3/c1-4-23(13-14(2)3)20(26)15-8-7-9-16(12-15)24-21(27)18-11-6-5-10-17(18)19(25)22-24/h5-9,12,17-18H,2,4,10-11,13H2,1,3H3,(H,22,25). The lowest BCUT2D eigenvalue weighted by atomic mass is 9.80. The van der Waals surface area contributed by atoms with Gasteiger partial charge in [0.15, 0.2) is 0 Å². The molecule has 1 aliphatic carbocycles. The molecule has 0 radical (unpaired) electrons. The van der Waals surface area contributed by atoms with Crippen LogP contribution in [0.5, 0.6) is 0 Å². The summed E-state index contributed by atoms with van der Waals surface area (Å²) in [7, 11) is 0. The van der Waals surface area contributed by atoms with E-state index in [4.69, 9.17) is 0 Å². The number of benzene rings is 1. The Morgan fingerprint density at radius 3 is 2.63 bits per heavy atom. The van der Waals surface area contributed by atoms with Crippen LogP contribution in [0.3, 0.4) is 0 Å². The first-order valence-corrected chi connectivity index (χ1v) is 9.25. The molecule has 1 fully saturated rings. The second kappa shape index (κ2) is 7.78. The molecule has 1 aromatic carbocycles. The van der Waals surface area contributed by atoms with Crippen molar-refractivity contribution in [2.24, 2.45) is 11.8 Å². The van der Waals surface area contributed by atoms with Crippen molar-refractivity contribution in [1.29, 1.82) is 0 Å². The van der Waals surface area contributed by atoms with Crippen molar-refractivity contribution in [3.8, 4) is 0 Å². The molecule has 0 saturated carbocycles. The van der Waals surface area contributed by atoms with Gasteiger partial charge in [-0.05, 0) is 44.9 Å². The normalized spacial score (nSPS) is 21.5. The van der Waals surface area contributed by atoms with Gasteiger partial charge in [-0.25, -0.2) is 5.01 Å². The Kier molecular flexibility index (Phi) is 5.44. The molecule has 0 bridgehead atoms. The highest BCUT2D eigenvalue weighted by atomic mass is 16.2. The Morgan fingerprint density at radius 1 is 1.26 bits per heavy atom. The number of rotatable bonds is 5. The Balaban J connectivity index is 1.86. The molecule has 0 aromatic heterocycles. The summed E-state index contributed by atoms with van der Waals surface area (Å²) < 4.78 is 0. The molecule has 2 unspecified atom stereocenters. The van der Waals surface area contributed by atoms with Gasteiger partial charge in [-0.3, -0.25) is 19.8 Å². The summed E-state index contributed by atoms with van der Waals surface area (Å²) in [6, 6.07) is 6.82. The number of hydrogen-bond donors (Lipinski definition) is 1. The minimum atomic E-state index is -0.348. The Morgan fingerprint density at radius 2 is 1.96 bits per heavy atom. The zero-order valence-electron chi connectivity index (χ0n) is 15.8. The van der Waals surface area contributed by atoms with Crippen LogP contribution in [-0.2, 0) is 9.59 Å². The third-order valence-electron chi connectivity index (χ3n) is 5.01. The first-order chi connectivity index (χ1) is 12.9. The van der Waals surface area contributed by atoms with E-state index in [1.807, 2.05) is 26.0 Å². The number of nitrogens with one attached hydrogen (secondary N) is 1. The van der Waals surface area contributed by atoms with Gasteiger partial charge in [0.05, 0.1) is 17.5 Å². The molecule has 6 heteroatoms. The lowest BCUT2D eigenvalue weighted by Gasteiger charge is -2.38. The van der Waals surface area contributed by atoms with E-state index in [9.17, 15) is 14.4 Å². The molecule has 1 heterocycles. The summed E-state index contributed by atoms with van der Waals surface area (Å²) in [6.45, 7) is 8.70. The lowest BCUT2D eigenvalue weighted by molar-refractivity contribution is -0.139. The minimum Gasteiger partial charge on any atom is -0.335 e. The highest BCUT2D eigenvalue weighted by Gasteiger charge is 2.42. The largest absolute Gasteiger partial charge is 0.335 e. The van der Waals surface area contributed by atoms with Gasteiger partial charge in [0.25, 0.3) is 5.91 Å². The van der Waals surface area contributed by atoms with Gasteiger partial charge in [-0.15, -0.1) is 0 Å². The van der Waals surface area contributed by atoms with Crippen LogP contribution in [-0.4, -0.2) is 35.7 Å². The quantitative estimate of drug-likeness (QED) is 0.814. The van der Waals surface area contributed by atoms with Crippen molar-refractivity contribution in [3.05, 3.63) is 54.1 Å². The highest BCUT2D eigenvalue weighted by molar-refractivity contribution is 6.05. The van der Waals surface area contributed by atoms with Crippen molar-refractivity contribution < 1.29 is 14.4 Å². The second-order valence-electron chi connectivity index (χ2n) is 7.13. The van der Waals surface area contributed by atoms with Crippen molar-refractivity contribution in [3.63, 3.8) is 0 Å². The van der Waals surface area contributed by atoms with Crippen LogP contribution in [0.1, 0.15) is 37.0 Å². The van der Waals surface area contributed by atoms with Gasteiger partial charge < -0.3 is 4.90 Å². The number of hydrogen-bond acceptors (Lipinski definition) is 3. The maximum absolute atomic E-state index is 12.9. The number of amides is 3. The molecule has 1 N–H and O–H groups in total. The smallest absolute Gasteiger partial charge is 0.254 e. The molecule has 2 atom stereocenters. The van der Waals surface area contributed by atoms with Gasteiger partial charge in [0.1, 0.15) is 0 Å². The van der Waals surface area contributed by atoms with Crippen molar-refractivity contribution in [2.75, 3.05) is 18.1 Å². The van der Waals surface area contributed by atoms with Gasteiger partial charge in [0, 0.05) is 18.7 Å². The maximum atomic E-state index is 12.9. The first-order valence-electron chi connectivity index (χ1n) is 9.25. The van der Waals surface area contributed by atoms with Gasteiger partial charge in [0.2, 0.25) is 11.8 Å². The zero-order chi connectivity index (χ0) is 19.6. The number of hydrazine groups is 1. The van der Waals surface area contributed by atoms with Crippen LogP contribution < -0.4 is 10.4 Å². The van der Waals surface area contributed by atoms with Gasteiger partial charge in [-0.2, -0.15) is 0 Å². The zero-order valence-corrected chi connectivity index (χ0v) is 15.8. The third kappa shape index (κ3) is 3.79. The molecule has 0 spiro atoms. The van der Waals surface area contributed by atoms with E-state index in [0.717, 1.165) is 5.57 Å². The number of anilines is 1. The summed E-state index contributed by atoms with van der Waals surface area (Å²) in [5.41, 5.74) is 4.57. The fourth-order valence-corrected chi connectivity index (χ4v) is 3.60. The van der Waals surface area contributed by atoms with E-state index >= 15 is 0 Å². The summed E-state index contributed by atoms with van der Waals surface area (Å²) in [4.78, 5) is 39.8. The van der Waals surface area contributed by atoms with Gasteiger partial charge in [-0.1, -0.05) is 30.4 Å². The highest BCUT2D eigenvalue weighted by Crippen LogP contribution is 2.32. The van der Waals surface area contributed by atoms with E-state index in [1.165, 1.54) is 5.01 Å². The first kappa shape index (κ1) is 18.9. The van der Waals surface area contributed by atoms with Crippen LogP contribution in [0.25, 0.3) is 0 Å². The molecule has 27 heavy (non-hydrogen) atoms. The predicted molar refractivity (Wildman–Crippen MR) is 104 cm³/mol. The van der Waals surface area contributed by atoms with Crippen molar-refractivity contribution in [1.82, 2.24) is 10.3 Å². The predicted octanol–water partition coefficient (Wildman–Crippen LogP) is 2.69. The van der Waals surface area contributed by atoms with Crippen molar-refractivity contribution in [2.45, 2.75) is 26.7 Å². The number of carbonyl (C=O) groups excluding carboxylic acids is 3. The molecular formula is C21H25N3O3.